The van der Waals surface area contributed by atoms with Crippen molar-refractivity contribution in [3.63, 3.8) is 0 Å². The highest BCUT2D eigenvalue weighted by atomic mass is 16.5. The molecule has 19 heavy (non-hydrogen) atoms. The lowest BCUT2D eigenvalue weighted by atomic mass is 10.2. The minimum absolute atomic E-state index is 0.00411. The van der Waals surface area contributed by atoms with E-state index in [2.05, 4.69) is 10.1 Å². The van der Waals surface area contributed by atoms with Crippen LogP contribution in [-0.2, 0) is 9.53 Å². The van der Waals surface area contributed by atoms with E-state index in [9.17, 15) is 9.59 Å². The van der Waals surface area contributed by atoms with Crippen LogP contribution in [0.3, 0.4) is 0 Å². The van der Waals surface area contributed by atoms with Crippen molar-refractivity contribution in [3.05, 3.63) is 29.8 Å². The third kappa shape index (κ3) is 5.41. The van der Waals surface area contributed by atoms with E-state index in [0.29, 0.717) is 11.3 Å². The van der Waals surface area contributed by atoms with Gasteiger partial charge in [0.25, 0.3) is 5.91 Å². The highest BCUT2D eigenvalue weighted by molar-refractivity contribution is 5.77. The van der Waals surface area contributed by atoms with E-state index in [0.717, 1.165) is 0 Å². The SMILES string of the molecule is N#Cc1ccccc1OCC(=O)NCCOC(N)=O. The van der Waals surface area contributed by atoms with E-state index >= 15 is 0 Å². The molecule has 0 atom stereocenters. The number of hydrogen-bond donors (Lipinski definition) is 2. The number of hydrogen-bond acceptors (Lipinski definition) is 5. The Bertz CT molecular complexity index is 496. The molecule has 0 aliphatic carbocycles. The van der Waals surface area contributed by atoms with Gasteiger partial charge in [0.15, 0.2) is 6.61 Å². The number of nitriles is 1. The van der Waals surface area contributed by atoms with Gasteiger partial charge >= 0.3 is 6.09 Å². The van der Waals surface area contributed by atoms with Gasteiger partial charge < -0.3 is 20.5 Å². The summed E-state index contributed by atoms with van der Waals surface area (Å²) >= 11 is 0. The lowest BCUT2D eigenvalue weighted by molar-refractivity contribution is -0.123. The fourth-order valence-corrected chi connectivity index (χ4v) is 1.22. The van der Waals surface area contributed by atoms with Gasteiger partial charge in [-0.1, -0.05) is 12.1 Å². The number of carbonyl (C=O) groups is 2. The number of nitrogens with two attached hydrogens (primary N) is 1. The number of nitrogens with zero attached hydrogens (tertiary/aromatic N) is 1. The molecule has 0 saturated heterocycles. The maximum atomic E-state index is 11.4. The summed E-state index contributed by atoms with van der Waals surface area (Å²) in [6, 6.07) is 8.55. The average Bonchev–Trinajstić information content (AvgIpc) is 2.41. The minimum atomic E-state index is -0.895. The number of para-hydroxylation sites is 1. The predicted octanol–water partition coefficient (Wildman–Crippen LogP) is 0.149. The van der Waals surface area contributed by atoms with E-state index in [1.807, 2.05) is 6.07 Å². The zero-order valence-electron chi connectivity index (χ0n) is 10.1. The van der Waals surface area contributed by atoms with Crippen LogP contribution in [0.1, 0.15) is 5.56 Å². The van der Waals surface area contributed by atoms with Crippen molar-refractivity contribution in [2.45, 2.75) is 0 Å². The minimum Gasteiger partial charge on any atom is -0.482 e. The molecular formula is C12H13N3O4. The zero-order valence-corrected chi connectivity index (χ0v) is 10.1. The second-order valence-corrected chi connectivity index (χ2v) is 3.41. The summed E-state index contributed by atoms with van der Waals surface area (Å²) in [6.07, 6.45) is -0.895. The molecule has 0 fully saturated rings. The Morgan fingerprint density at radius 3 is 2.79 bits per heavy atom. The second-order valence-electron chi connectivity index (χ2n) is 3.41. The number of carbonyl (C=O) groups excluding carboxylic acids is 2. The molecule has 1 aromatic carbocycles. The van der Waals surface area contributed by atoms with Gasteiger partial charge in [0, 0.05) is 0 Å². The maximum Gasteiger partial charge on any atom is 0.404 e. The first-order valence-electron chi connectivity index (χ1n) is 5.44. The van der Waals surface area contributed by atoms with E-state index in [4.69, 9.17) is 15.7 Å². The van der Waals surface area contributed by atoms with Crippen LogP contribution in [-0.4, -0.2) is 31.8 Å². The molecule has 2 amide bonds. The first kappa shape index (κ1) is 14.3. The standard InChI is InChI=1S/C12H13N3O4/c13-7-9-3-1-2-4-10(9)19-8-11(16)15-5-6-18-12(14)17/h1-4H,5-6,8H2,(H2,14,17)(H,15,16). The molecule has 0 radical (unpaired) electrons. The molecule has 0 aromatic heterocycles. The molecule has 0 aliphatic rings. The molecule has 100 valence electrons. The van der Waals surface area contributed by atoms with Crippen LogP contribution < -0.4 is 15.8 Å². The Kier molecular flexibility index (Phi) is 5.69. The molecule has 1 rings (SSSR count). The third-order valence-corrected chi connectivity index (χ3v) is 2.03. The van der Waals surface area contributed by atoms with Gasteiger partial charge in [0.05, 0.1) is 12.1 Å². The van der Waals surface area contributed by atoms with Gasteiger partial charge in [-0.25, -0.2) is 4.79 Å². The van der Waals surface area contributed by atoms with Gasteiger partial charge in [-0.15, -0.1) is 0 Å². The second kappa shape index (κ2) is 7.55. The first-order valence-corrected chi connectivity index (χ1v) is 5.44. The van der Waals surface area contributed by atoms with Gasteiger partial charge in [-0.05, 0) is 12.1 Å². The summed E-state index contributed by atoms with van der Waals surface area (Å²) in [7, 11) is 0. The van der Waals surface area contributed by atoms with E-state index in [-0.39, 0.29) is 25.7 Å². The Hall–Kier alpha value is -2.75. The largest absolute Gasteiger partial charge is 0.482 e. The zero-order chi connectivity index (χ0) is 14.1. The summed E-state index contributed by atoms with van der Waals surface area (Å²) in [5, 5.41) is 11.3. The number of ether oxygens (including phenoxy) is 2. The predicted molar refractivity (Wildman–Crippen MR) is 65.2 cm³/mol. The van der Waals surface area contributed by atoms with Crippen LogP contribution in [0.4, 0.5) is 4.79 Å². The lowest BCUT2D eigenvalue weighted by Crippen LogP contribution is -2.32. The van der Waals surface area contributed by atoms with Gasteiger partial charge in [-0.2, -0.15) is 5.26 Å². The van der Waals surface area contributed by atoms with Gasteiger partial charge in [0.1, 0.15) is 18.4 Å². The monoisotopic (exact) mass is 263 g/mol. The Balaban J connectivity index is 2.30. The van der Waals surface area contributed by atoms with Crippen LogP contribution in [0.15, 0.2) is 24.3 Å². The molecule has 0 saturated carbocycles. The number of nitrogens with one attached hydrogen (secondary N) is 1. The summed E-state index contributed by atoms with van der Waals surface area (Å²) in [5.41, 5.74) is 5.10. The quantitative estimate of drug-likeness (QED) is 0.709. The Labute approximate surface area is 109 Å². The smallest absolute Gasteiger partial charge is 0.404 e. The summed E-state index contributed by atoms with van der Waals surface area (Å²) in [4.78, 5) is 21.6. The summed E-state index contributed by atoms with van der Waals surface area (Å²) in [6.45, 7) is -0.0872. The van der Waals surface area contributed by atoms with Gasteiger partial charge in [-0.3, -0.25) is 4.79 Å². The van der Waals surface area contributed by atoms with Crippen molar-refractivity contribution in [3.8, 4) is 11.8 Å². The maximum absolute atomic E-state index is 11.4. The summed E-state index contributed by atoms with van der Waals surface area (Å²) < 4.78 is 9.63. The Morgan fingerprint density at radius 2 is 2.11 bits per heavy atom. The molecule has 0 unspecified atom stereocenters. The molecule has 0 heterocycles. The van der Waals surface area contributed by atoms with Gasteiger partial charge in [0.2, 0.25) is 0 Å². The van der Waals surface area contributed by atoms with E-state index in [1.54, 1.807) is 24.3 Å². The normalized spacial score (nSPS) is 9.21. The fraction of sp³-hybridized carbons (Fsp3) is 0.250. The Morgan fingerprint density at radius 1 is 1.37 bits per heavy atom. The summed E-state index contributed by atoms with van der Waals surface area (Å²) in [5.74, 6) is -0.0469. The van der Waals surface area contributed by atoms with Crippen LogP contribution in [0.2, 0.25) is 0 Å². The van der Waals surface area contributed by atoms with Crippen molar-refractivity contribution < 1.29 is 19.1 Å². The van der Waals surface area contributed by atoms with Crippen molar-refractivity contribution in [1.82, 2.24) is 5.32 Å². The van der Waals surface area contributed by atoms with Crippen LogP contribution in [0.25, 0.3) is 0 Å². The third-order valence-electron chi connectivity index (χ3n) is 2.03. The molecule has 7 nitrogen and oxygen atoms in total. The van der Waals surface area contributed by atoms with Crippen LogP contribution in [0.5, 0.6) is 5.75 Å². The number of benzene rings is 1. The number of rotatable bonds is 6. The van der Waals surface area contributed by atoms with Crippen molar-refractivity contribution in [2.24, 2.45) is 5.73 Å². The topological polar surface area (TPSA) is 114 Å². The van der Waals surface area contributed by atoms with Crippen molar-refractivity contribution >= 4 is 12.0 Å². The highest BCUT2D eigenvalue weighted by Crippen LogP contribution is 2.15. The fourth-order valence-electron chi connectivity index (χ4n) is 1.22. The van der Waals surface area contributed by atoms with Crippen molar-refractivity contribution in [2.75, 3.05) is 19.8 Å². The van der Waals surface area contributed by atoms with Crippen LogP contribution in [0, 0.1) is 11.3 Å². The van der Waals surface area contributed by atoms with Crippen LogP contribution >= 0.6 is 0 Å². The van der Waals surface area contributed by atoms with E-state index < -0.39 is 6.09 Å². The first-order chi connectivity index (χ1) is 9.13. The van der Waals surface area contributed by atoms with E-state index in [1.165, 1.54) is 0 Å². The molecule has 3 N–H and O–H groups in total. The van der Waals surface area contributed by atoms with Crippen molar-refractivity contribution in [1.29, 1.82) is 5.26 Å². The average molecular weight is 263 g/mol. The molecular weight excluding hydrogens is 250 g/mol. The number of amides is 2. The lowest BCUT2D eigenvalue weighted by Gasteiger charge is -2.08. The molecule has 1 aromatic rings. The molecule has 0 bridgehead atoms. The molecule has 0 aliphatic heterocycles. The number of primary amides is 1. The highest BCUT2D eigenvalue weighted by Gasteiger charge is 2.05. The molecule has 7 heteroatoms. The molecule has 0 spiro atoms.